The molecule has 0 radical (unpaired) electrons. The van der Waals surface area contributed by atoms with Crippen LogP contribution in [0, 0.1) is 6.92 Å². The van der Waals surface area contributed by atoms with Gasteiger partial charge in [0.2, 0.25) is 5.88 Å². The molecule has 1 N–H and O–H groups in total. The molecule has 0 aromatic carbocycles. The number of nitrogens with zero attached hydrogens (tertiary/aromatic N) is 1. The molecule has 2 rings (SSSR count). The monoisotopic (exact) mass is 192 g/mol. The molecule has 1 aromatic heterocycles. The smallest absolute Gasteiger partial charge is 0.213 e. The predicted octanol–water partition coefficient (Wildman–Crippen LogP) is 1.65. The molecular formula is C11H16N2O. The van der Waals surface area contributed by atoms with Gasteiger partial charge in [0.05, 0.1) is 7.11 Å². The Bertz CT molecular complexity index is 321. The average molecular weight is 192 g/mol. The molecule has 1 heterocycles. The Morgan fingerprint density at radius 2 is 2.29 bits per heavy atom. The van der Waals surface area contributed by atoms with E-state index in [0.29, 0.717) is 5.88 Å². The summed E-state index contributed by atoms with van der Waals surface area (Å²) in [6.45, 7) is 2.94. The zero-order valence-corrected chi connectivity index (χ0v) is 8.71. The lowest BCUT2D eigenvalue weighted by Crippen LogP contribution is -2.16. The summed E-state index contributed by atoms with van der Waals surface area (Å²) in [5.74, 6) is 0.692. The second kappa shape index (κ2) is 3.96. The van der Waals surface area contributed by atoms with Crippen molar-refractivity contribution in [2.75, 3.05) is 7.11 Å². The molecule has 1 aliphatic carbocycles. The summed E-state index contributed by atoms with van der Waals surface area (Å²) in [7, 11) is 1.64. The van der Waals surface area contributed by atoms with E-state index in [1.54, 1.807) is 7.11 Å². The van der Waals surface area contributed by atoms with Crippen LogP contribution in [0.1, 0.15) is 24.1 Å². The van der Waals surface area contributed by atoms with E-state index in [1.165, 1.54) is 18.4 Å². The number of pyridine rings is 1. The second-order valence-electron chi connectivity index (χ2n) is 3.75. The van der Waals surface area contributed by atoms with E-state index in [1.807, 2.05) is 13.0 Å². The maximum atomic E-state index is 5.06. The van der Waals surface area contributed by atoms with Gasteiger partial charge in [-0.1, -0.05) is 6.07 Å². The van der Waals surface area contributed by atoms with Crippen LogP contribution in [-0.2, 0) is 6.54 Å². The standard InChI is InChI=1S/C11H16N2O/c1-8-9(7-12-10-4-5-10)3-6-11(13-8)14-2/h3,6,10,12H,4-5,7H2,1-2H3. The Balaban J connectivity index is 2.01. The van der Waals surface area contributed by atoms with Crippen LogP contribution in [0.2, 0.25) is 0 Å². The van der Waals surface area contributed by atoms with Gasteiger partial charge in [0, 0.05) is 24.3 Å². The van der Waals surface area contributed by atoms with E-state index in [-0.39, 0.29) is 0 Å². The van der Waals surface area contributed by atoms with Crippen molar-refractivity contribution in [1.29, 1.82) is 0 Å². The van der Waals surface area contributed by atoms with E-state index >= 15 is 0 Å². The van der Waals surface area contributed by atoms with E-state index in [4.69, 9.17) is 4.74 Å². The number of nitrogens with one attached hydrogen (secondary N) is 1. The number of aromatic nitrogens is 1. The highest BCUT2D eigenvalue weighted by molar-refractivity contribution is 5.24. The van der Waals surface area contributed by atoms with Gasteiger partial charge in [-0.05, 0) is 25.3 Å². The normalized spacial score (nSPS) is 15.6. The lowest BCUT2D eigenvalue weighted by molar-refractivity contribution is 0.396. The minimum Gasteiger partial charge on any atom is -0.481 e. The molecular weight excluding hydrogens is 176 g/mol. The number of ether oxygens (including phenoxy) is 1. The Hall–Kier alpha value is -1.09. The first-order chi connectivity index (χ1) is 6.79. The van der Waals surface area contributed by atoms with Crippen LogP contribution in [0.5, 0.6) is 5.88 Å². The number of aryl methyl sites for hydroxylation is 1. The third kappa shape index (κ3) is 2.23. The predicted molar refractivity (Wildman–Crippen MR) is 55.4 cm³/mol. The molecule has 1 fully saturated rings. The summed E-state index contributed by atoms with van der Waals surface area (Å²) in [6, 6.07) is 4.74. The van der Waals surface area contributed by atoms with E-state index in [2.05, 4.69) is 16.4 Å². The van der Waals surface area contributed by atoms with Crippen molar-refractivity contribution < 1.29 is 4.74 Å². The summed E-state index contributed by atoms with van der Waals surface area (Å²) in [5, 5.41) is 3.47. The molecule has 0 spiro atoms. The minimum absolute atomic E-state index is 0.692. The zero-order chi connectivity index (χ0) is 9.97. The van der Waals surface area contributed by atoms with Crippen molar-refractivity contribution in [3.8, 4) is 5.88 Å². The quantitative estimate of drug-likeness (QED) is 0.787. The Kier molecular flexibility index (Phi) is 2.68. The third-order valence-corrected chi connectivity index (χ3v) is 2.54. The summed E-state index contributed by atoms with van der Waals surface area (Å²) in [4.78, 5) is 4.33. The van der Waals surface area contributed by atoms with Crippen LogP contribution >= 0.6 is 0 Å². The first kappa shape index (κ1) is 9.46. The number of rotatable bonds is 4. The number of hydrogen-bond donors (Lipinski definition) is 1. The molecule has 1 aliphatic rings. The molecule has 14 heavy (non-hydrogen) atoms. The highest BCUT2D eigenvalue weighted by Crippen LogP contribution is 2.20. The van der Waals surface area contributed by atoms with Gasteiger partial charge in [-0.15, -0.1) is 0 Å². The Morgan fingerprint density at radius 1 is 1.50 bits per heavy atom. The number of methoxy groups -OCH3 is 1. The van der Waals surface area contributed by atoms with Crippen LogP contribution in [0.4, 0.5) is 0 Å². The molecule has 0 saturated heterocycles. The highest BCUT2D eigenvalue weighted by Gasteiger charge is 2.20. The van der Waals surface area contributed by atoms with Crippen molar-refractivity contribution >= 4 is 0 Å². The molecule has 0 aliphatic heterocycles. The van der Waals surface area contributed by atoms with Gasteiger partial charge in [0.25, 0.3) is 0 Å². The summed E-state index contributed by atoms with van der Waals surface area (Å²) in [6.07, 6.45) is 2.64. The third-order valence-electron chi connectivity index (χ3n) is 2.54. The summed E-state index contributed by atoms with van der Waals surface area (Å²) >= 11 is 0. The molecule has 3 heteroatoms. The van der Waals surface area contributed by atoms with Gasteiger partial charge in [-0.3, -0.25) is 0 Å². The van der Waals surface area contributed by atoms with Gasteiger partial charge in [-0.25, -0.2) is 4.98 Å². The van der Waals surface area contributed by atoms with Gasteiger partial charge in [0.15, 0.2) is 0 Å². The second-order valence-corrected chi connectivity index (χ2v) is 3.75. The fraction of sp³-hybridized carbons (Fsp3) is 0.545. The molecule has 0 unspecified atom stereocenters. The summed E-state index contributed by atoms with van der Waals surface area (Å²) < 4.78 is 5.06. The highest BCUT2D eigenvalue weighted by atomic mass is 16.5. The van der Waals surface area contributed by atoms with Crippen molar-refractivity contribution in [2.24, 2.45) is 0 Å². The van der Waals surface area contributed by atoms with E-state index < -0.39 is 0 Å². The average Bonchev–Trinajstić information content (AvgIpc) is 2.99. The van der Waals surface area contributed by atoms with Crippen LogP contribution < -0.4 is 10.1 Å². The fourth-order valence-corrected chi connectivity index (χ4v) is 1.41. The first-order valence-electron chi connectivity index (χ1n) is 5.03. The van der Waals surface area contributed by atoms with Crippen molar-refractivity contribution in [3.05, 3.63) is 23.4 Å². The fourth-order valence-electron chi connectivity index (χ4n) is 1.41. The molecule has 76 valence electrons. The van der Waals surface area contributed by atoms with Crippen molar-refractivity contribution in [2.45, 2.75) is 32.4 Å². The first-order valence-corrected chi connectivity index (χ1v) is 5.03. The van der Waals surface area contributed by atoms with Crippen molar-refractivity contribution in [1.82, 2.24) is 10.3 Å². The summed E-state index contributed by atoms with van der Waals surface area (Å²) in [5.41, 5.74) is 2.32. The zero-order valence-electron chi connectivity index (χ0n) is 8.71. The van der Waals surface area contributed by atoms with Crippen LogP contribution in [0.15, 0.2) is 12.1 Å². The van der Waals surface area contributed by atoms with Crippen LogP contribution in [0.25, 0.3) is 0 Å². The molecule has 0 amide bonds. The maximum absolute atomic E-state index is 5.06. The largest absolute Gasteiger partial charge is 0.481 e. The lowest BCUT2D eigenvalue weighted by Gasteiger charge is -2.07. The van der Waals surface area contributed by atoms with E-state index in [0.717, 1.165) is 18.3 Å². The van der Waals surface area contributed by atoms with Gasteiger partial charge >= 0.3 is 0 Å². The Morgan fingerprint density at radius 3 is 2.86 bits per heavy atom. The molecule has 1 saturated carbocycles. The molecule has 0 atom stereocenters. The maximum Gasteiger partial charge on any atom is 0.213 e. The molecule has 1 aromatic rings. The number of hydrogen-bond acceptors (Lipinski definition) is 3. The Labute approximate surface area is 84.5 Å². The minimum atomic E-state index is 0.692. The van der Waals surface area contributed by atoms with E-state index in [9.17, 15) is 0 Å². The SMILES string of the molecule is COc1ccc(CNC2CC2)c(C)n1. The van der Waals surface area contributed by atoms with Gasteiger partial charge < -0.3 is 10.1 Å². The molecule has 3 nitrogen and oxygen atoms in total. The van der Waals surface area contributed by atoms with Crippen LogP contribution in [-0.4, -0.2) is 18.1 Å². The van der Waals surface area contributed by atoms with Crippen LogP contribution in [0.3, 0.4) is 0 Å². The van der Waals surface area contributed by atoms with Gasteiger partial charge in [-0.2, -0.15) is 0 Å². The lowest BCUT2D eigenvalue weighted by atomic mass is 10.2. The van der Waals surface area contributed by atoms with Gasteiger partial charge in [0.1, 0.15) is 0 Å². The molecule has 0 bridgehead atoms. The topological polar surface area (TPSA) is 34.1 Å². The van der Waals surface area contributed by atoms with Crippen molar-refractivity contribution in [3.63, 3.8) is 0 Å².